The van der Waals surface area contributed by atoms with Crippen LogP contribution in [-0.4, -0.2) is 38.3 Å². The topological polar surface area (TPSA) is 99.4 Å². The monoisotopic (exact) mass is 562 g/mol. The predicted molar refractivity (Wildman–Crippen MR) is 167 cm³/mol. The molecule has 216 valence electrons. The second-order valence-electron chi connectivity index (χ2n) is 11.0. The number of aromatic nitrogens is 2. The van der Waals surface area contributed by atoms with Crippen LogP contribution >= 0.6 is 0 Å². The molecular formula is C35H38N4O3. The number of fused-ring (bicyclic) bond motifs is 1. The second kappa shape index (κ2) is 13.0. The number of rotatable bonds is 11. The zero-order valence-electron chi connectivity index (χ0n) is 24.3. The fraction of sp³-hybridized carbons (Fsp3) is 0.257. The average Bonchev–Trinajstić information content (AvgIpc) is 3.33. The van der Waals surface area contributed by atoms with Crippen molar-refractivity contribution in [2.45, 2.75) is 52.3 Å². The zero-order chi connectivity index (χ0) is 29.6. The minimum atomic E-state index is -0.665. The molecule has 4 N–H and O–H groups in total. The molecule has 7 nitrogen and oxygen atoms in total. The lowest BCUT2D eigenvalue weighted by molar-refractivity contribution is -0.120. The van der Waals surface area contributed by atoms with Crippen LogP contribution in [-0.2, 0) is 24.2 Å². The van der Waals surface area contributed by atoms with E-state index in [0.717, 1.165) is 56.7 Å². The maximum absolute atomic E-state index is 12.7. The van der Waals surface area contributed by atoms with Crippen molar-refractivity contribution >= 4 is 16.7 Å². The van der Waals surface area contributed by atoms with Gasteiger partial charge < -0.3 is 25.4 Å². The van der Waals surface area contributed by atoms with Gasteiger partial charge in [0.15, 0.2) is 0 Å². The van der Waals surface area contributed by atoms with E-state index in [0.29, 0.717) is 13.1 Å². The number of carbonyl (C=O) groups excluding carboxylic acids is 1. The molecule has 0 bridgehead atoms. The Morgan fingerprint density at radius 2 is 1.64 bits per heavy atom. The summed E-state index contributed by atoms with van der Waals surface area (Å²) in [6.07, 6.45) is 2.13. The largest absolute Gasteiger partial charge is 0.507 e. The Kier molecular flexibility index (Phi) is 9.00. The molecule has 0 aliphatic carbocycles. The number of aromatic hydroxyl groups is 1. The van der Waals surface area contributed by atoms with Crippen LogP contribution in [0.2, 0.25) is 0 Å². The Morgan fingerprint density at radius 3 is 2.38 bits per heavy atom. The zero-order valence-corrected chi connectivity index (χ0v) is 24.3. The fourth-order valence-corrected chi connectivity index (χ4v) is 5.42. The number of nitrogens with one attached hydrogen (secondary N) is 2. The summed E-state index contributed by atoms with van der Waals surface area (Å²) in [5.74, 6) is 1.02. The van der Waals surface area contributed by atoms with Crippen LogP contribution in [0.5, 0.6) is 5.75 Å². The van der Waals surface area contributed by atoms with Crippen LogP contribution in [0, 0.1) is 13.8 Å². The first-order valence-electron chi connectivity index (χ1n) is 14.4. The number of hydrogen-bond donors (Lipinski definition) is 4. The Morgan fingerprint density at radius 1 is 0.905 bits per heavy atom. The van der Waals surface area contributed by atoms with E-state index in [1.807, 2.05) is 68.4 Å². The van der Waals surface area contributed by atoms with Crippen LogP contribution in [0.4, 0.5) is 0 Å². The summed E-state index contributed by atoms with van der Waals surface area (Å²) in [6, 6.07) is 27.4. The van der Waals surface area contributed by atoms with Gasteiger partial charge in [-0.05, 0) is 73.5 Å². The number of pyridine rings is 1. The van der Waals surface area contributed by atoms with Gasteiger partial charge >= 0.3 is 0 Å². The van der Waals surface area contributed by atoms with E-state index in [1.54, 1.807) is 12.3 Å². The molecule has 2 heterocycles. The predicted octanol–water partition coefficient (Wildman–Crippen LogP) is 5.46. The minimum Gasteiger partial charge on any atom is -0.507 e. The van der Waals surface area contributed by atoms with Gasteiger partial charge in [-0.25, -0.2) is 4.98 Å². The van der Waals surface area contributed by atoms with E-state index in [1.165, 1.54) is 0 Å². The van der Waals surface area contributed by atoms with Gasteiger partial charge in [0.1, 0.15) is 11.6 Å². The first kappa shape index (κ1) is 29.0. The fourth-order valence-electron chi connectivity index (χ4n) is 5.42. The molecule has 2 aromatic heterocycles. The van der Waals surface area contributed by atoms with Gasteiger partial charge in [0.25, 0.3) is 0 Å². The van der Waals surface area contributed by atoms with Gasteiger partial charge in [0.2, 0.25) is 5.91 Å². The molecule has 0 saturated heterocycles. The first-order valence-corrected chi connectivity index (χ1v) is 14.4. The summed E-state index contributed by atoms with van der Waals surface area (Å²) in [5.41, 5.74) is 6.06. The highest BCUT2D eigenvalue weighted by molar-refractivity contribution is 5.91. The van der Waals surface area contributed by atoms with Crippen LogP contribution in [0.1, 0.15) is 46.7 Å². The molecule has 7 heteroatoms. The van der Waals surface area contributed by atoms with Crippen LogP contribution < -0.4 is 10.6 Å². The molecule has 0 fully saturated rings. The molecule has 5 rings (SSSR count). The normalized spacial score (nSPS) is 12.8. The van der Waals surface area contributed by atoms with Crippen LogP contribution in [0.15, 0.2) is 91.1 Å². The Balaban J connectivity index is 1.11. The second-order valence-corrected chi connectivity index (χ2v) is 11.0. The molecule has 0 aliphatic heterocycles. The Bertz CT molecular complexity index is 1660. The maximum atomic E-state index is 12.7. The molecule has 0 unspecified atom stereocenters. The third-order valence-corrected chi connectivity index (χ3v) is 7.68. The third kappa shape index (κ3) is 6.87. The van der Waals surface area contributed by atoms with E-state index in [4.69, 9.17) is 0 Å². The maximum Gasteiger partial charge on any atom is 0.224 e. The number of hydrogen-bond acceptors (Lipinski definition) is 5. The number of aryl methyl sites for hydroxylation is 2. The summed E-state index contributed by atoms with van der Waals surface area (Å²) in [7, 11) is 0. The van der Waals surface area contributed by atoms with E-state index in [-0.39, 0.29) is 24.1 Å². The molecule has 42 heavy (non-hydrogen) atoms. The lowest BCUT2D eigenvalue weighted by Gasteiger charge is -2.18. The van der Waals surface area contributed by atoms with Crippen LogP contribution in [0.25, 0.3) is 16.6 Å². The lowest BCUT2D eigenvalue weighted by atomic mass is 10.0. The van der Waals surface area contributed by atoms with Crippen molar-refractivity contribution in [1.82, 2.24) is 20.2 Å². The number of carbonyl (C=O) groups is 1. The van der Waals surface area contributed by atoms with Gasteiger partial charge in [0.05, 0.1) is 12.5 Å². The minimum absolute atomic E-state index is 0.0553. The third-order valence-electron chi connectivity index (χ3n) is 7.68. The Hall–Kier alpha value is -4.46. The van der Waals surface area contributed by atoms with Crippen molar-refractivity contribution in [1.29, 1.82) is 0 Å². The lowest BCUT2D eigenvalue weighted by Crippen LogP contribution is -2.32. The summed E-state index contributed by atoms with van der Waals surface area (Å²) in [5, 5.41) is 29.0. The van der Waals surface area contributed by atoms with Crippen molar-refractivity contribution in [3.63, 3.8) is 0 Å². The van der Waals surface area contributed by atoms with Gasteiger partial charge in [-0.2, -0.15) is 0 Å². The molecule has 0 aliphatic rings. The molecule has 0 radical (unpaired) electrons. The van der Waals surface area contributed by atoms with E-state index in [2.05, 4.69) is 51.4 Å². The van der Waals surface area contributed by atoms with Gasteiger partial charge in [0, 0.05) is 47.7 Å². The molecule has 2 atom stereocenters. The average molecular weight is 563 g/mol. The number of phenolic OH excluding ortho intramolecular Hbond substituents is 1. The Labute approximate surface area is 246 Å². The highest BCUT2D eigenvalue weighted by atomic mass is 16.3. The summed E-state index contributed by atoms with van der Waals surface area (Å²) in [6.45, 7) is 7.00. The summed E-state index contributed by atoms with van der Waals surface area (Å²) < 4.78 is 2.09. The quantitative estimate of drug-likeness (QED) is 0.171. The van der Waals surface area contributed by atoms with Crippen molar-refractivity contribution in [3.8, 4) is 11.6 Å². The summed E-state index contributed by atoms with van der Waals surface area (Å²) >= 11 is 0. The molecule has 3 aromatic carbocycles. The first-order chi connectivity index (χ1) is 20.3. The highest BCUT2D eigenvalue weighted by Crippen LogP contribution is 2.27. The van der Waals surface area contributed by atoms with Crippen molar-refractivity contribution in [2.24, 2.45) is 0 Å². The summed E-state index contributed by atoms with van der Waals surface area (Å²) in [4.78, 5) is 17.3. The molecule has 5 aromatic rings. The number of benzene rings is 3. The molecule has 1 amide bonds. The van der Waals surface area contributed by atoms with E-state index in [9.17, 15) is 15.0 Å². The molecular weight excluding hydrogens is 524 g/mol. The SMILES string of the molecule is Cc1ccc(C)n1-c1ccc([C@@H](O)CN[C@H](C)Cc2cccc(CC(=O)NCc3ccc(O)c4ccccc34)c2)cn1. The molecule has 0 spiro atoms. The van der Waals surface area contributed by atoms with E-state index >= 15 is 0 Å². The number of amides is 1. The van der Waals surface area contributed by atoms with Crippen molar-refractivity contribution < 1.29 is 15.0 Å². The van der Waals surface area contributed by atoms with Gasteiger partial charge in [-0.15, -0.1) is 0 Å². The molecule has 0 saturated carbocycles. The standard InChI is InChI=1S/C35H38N4O3/c1-23(36-22-33(41)29-14-16-34(37-21-29)39-24(2)11-12-25(39)3)17-26-7-6-8-27(18-26)19-35(42)38-20-28-13-15-32(40)31-10-5-4-9-30(28)31/h4-16,18,21,23,33,36,40-41H,17,19-20,22H2,1-3H3,(H,38,42)/t23-,33+/m1/s1. The number of nitrogens with zero attached hydrogens (tertiary/aromatic N) is 2. The number of aliphatic hydroxyl groups is 1. The van der Waals surface area contributed by atoms with E-state index < -0.39 is 6.10 Å². The highest BCUT2D eigenvalue weighted by Gasteiger charge is 2.13. The number of aliphatic hydroxyl groups excluding tert-OH is 1. The van der Waals surface area contributed by atoms with Crippen LogP contribution in [0.3, 0.4) is 0 Å². The van der Waals surface area contributed by atoms with Gasteiger partial charge in [-0.3, -0.25) is 4.79 Å². The van der Waals surface area contributed by atoms with Gasteiger partial charge in [-0.1, -0.05) is 60.7 Å². The number of phenols is 1. The smallest absolute Gasteiger partial charge is 0.224 e. The van der Waals surface area contributed by atoms with Crippen molar-refractivity contribution in [3.05, 3.63) is 125 Å². The van der Waals surface area contributed by atoms with Crippen molar-refractivity contribution in [2.75, 3.05) is 6.54 Å².